The van der Waals surface area contributed by atoms with Gasteiger partial charge in [-0.05, 0) is 55.7 Å². The molecule has 3 aromatic rings. The average Bonchev–Trinajstić information content (AvgIpc) is 2.96. The van der Waals surface area contributed by atoms with Gasteiger partial charge in [0.2, 0.25) is 11.8 Å². The zero-order valence-corrected chi connectivity index (χ0v) is 24.6. The molecular weight excluding hydrogens is 550 g/mol. The van der Waals surface area contributed by atoms with E-state index in [2.05, 4.69) is 5.32 Å². The number of amides is 2. The molecule has 0 saturated carbocycles. The summed E-state index contributed by atoms with van der Waals surface area (Å²) in [5.74, 6) is -0.596. The second-order valence-corrected chi connectivity index (χ2v) is 11.6. The van der Waals surface area contributed by atoms with Crippen molar-refractivity contribution >= 4 is 39.1 Å². The van der Waals surface area contributed by atoms with Gasteiger partial charge in [0.25, 0.3) is 10.0 Å². The first-order chi connectivity index (χ1) is 19.2. The molecule has 40 heavy (non-hydrogen) atoms. The van der Waals surface area contributed by atoms with Gasteiger partial charge in [0, 0.05) is 18.1 Å². The number of ether oxygens (including phenoxy) is 1. The Morgan fingerprint density at radius 3 is 2.27 bits per heavy atom. The van der Waals surface area contributed by atoms with Gasteiger partial charge in [-0.1, -0.05) is 73.5 Å². The average molecular weight is 586 g/mol. The standard InChI is InChI=1S/C30H36ClN3O5S/c1-4-5-19-32-30(36)23(2)33(20-18-24-12-8-6-9-13-24)29(35)22-34(27-21-25(31)16-17-28(27)39-3)40(37,38)26-14-10-7-11-15-26/h6-17,21,23H,4-5,18-20,22H2,1-3H3,(H,32,36)/t23-/m1/s1. The third-order valence-corrected chi connectivity index (χ3v) is 8.51. The van der Waals surface area contributed by atoms with Crippen molar-refractivity contribution in [2.75, 3.05) is 31.0 Å². The highest BCUT2D eigenvalue weighted by molar-refractivity contribution is 7.92. The van der Waals surface area contributed by atoms with E-state index in [-0.39, 0.29) is 33.8 Å². The fourth-order valence-electron chi connectivity index (χ4n) is 4.20. The summed E-state index contributed by atoms with van der Waals surface area (Å²) >= 11 is 6.26. The quantitative estimate of drug-likeness (QED) is 0.271. The van der Waals surface area contributed by atoms with Gasteiger partial charge in [0.1, 0.15) is 18.3 Å². The van der Waals surface area contributed by atoms with E-state index < -0.39 is 28.5 Å². The number of carbonyl (C=O) groups excluding carboxylic acids is 2. The monoisotopic (exact) mass is 585 g/mol. The topological polar surface area (TPSA) is 96.0 Å². The Morgan fingerprint density at radius 2 is 1.65 bits per heavy atom. The molecule has 3 aromatic carbocycles. The maximum atomic E-state index is 14.0. The van der Waals surface area contributed by atoms with Crippen LogP contribution in [0.1, 0.15) is 32.3 Å². The Balaban J connectivity index is 2.00. The number of nitrogens with one attached hydrogen (secondary N) is 1. The summed E-state index contributed by atoms with van der Waals surface area (Å²) in [5, 5.41) is 3.16. The molecule has 8 nitrogen and oxygen atoms in total. The number of hydrogen-bond donors (Lipinski definition) is 1. The molecule has 0 heterocycles. The number of carbonyl (C=O) groups is 2. The van der Waals surface area contributed by atoms with Gasteiger partial charge < -0.3 is 15.0 Å². The molecule has 1 N–H and O–H groups in total. The summed E-state index contributed by atoms with van der Waals surface area (Å²) in [5.41, 5.74) is 1.11. The molecule has 0 aliphatic carbocycles. The van der Waals surface area contributed by atoms with E-state index in [0.717, 1.165) is 22.7 Å². The van der Waals surface area contributed by atoms with Crippen molar-refractivity contribution in [1.82, 2.24) is 10.2 Å². The zero-order valence-electron chi connectivity index (χ0n) is 23.0. The minimum absolute atomic E-state index is 0.00558. The molecule has 0 aromatic heterocycles. The van der Waals surface area contributed by atoms with Gasteiger partial charge in [0.05, 0.1) is 17.7 Å². The SMILES string of the molecule is CCCCNC(=O)[C@@H](C)N(CCc1ccccc1)C(=O)CN(c1cc(Cl)ccc1OC)S(=O)(=O)c1ccccc1. The van der Waals surface area contributed by atoms with Crippen molar-refractivity contribution in [2.24, 2.45) is 0 Å². The molecule has 10 heteroatoms. The van der Waals surface area contributed by atoms with E-state index in [1.807, 2.05) is 37.3 Å². The van der Waals surface area contributed by atoms with Crippen LogP contribution in [0.15, 0.2) is 83.8 Å². The summed E-state index contributed by atoms with van der Waals surface area (Å²) in [6.07, 6.45) is 2.22. The summed E-state index contributed by atoms with van der Waals surface area (Å²) < 4.78 is 34.2. The first-order valence-corrected chi connectivity index (χ1v) is 15.0. The van der Waals surface area contributed by atoms with Gasteiger partial charge in [-0.15, -0.1) is 0 Å². The Hall–Kier alpha value is -3.56. The summed E-state index contributed by atoms with van der Waals surface area (Å²) in [7, 11) is -2.80. The van der Waals surface area contributed by atoms with Crippen LogP contribution in [0.3, 0.4) is 0 Å². The van der Waals surface area contributed by atoms with Gasteiger partial charge >= 0.3 is 0 Å². The molecule has 0 unspecified atom stereocenters. The third-order valence-electron chi connectivity index (χ3n) is 6.50. The van der Waals surface area contributed by atoms with Gasteiger partial charge in [0.15, 0.2) is 0 Å². The number of nitrogens with zero attached hydrogens (tertiary/aromatic N) is 2. The molecule has 0 radical (unpaired) electrons. The lowest BCUT2D eigenvalue weighted by molar-refractivity contribution is -0.138. The Morgan fingerprint density at radius 1 is 1.00 bits per heavy atom. The smallest absolute Gasteiger partial charge is 0.264 e. The number of anilines is 1. The van der Waals surface area contributed by atoms with Gasteiger partial charge in [-0.25, -0.2) is 8.42 Å². The highest BCUT2D eigenvalue weighted by Gasteiger charge is 2.33. The molecule has 214 valence electrons. The number of unbranched alkanes of at least 4 members (excludes halogenated alkanes) is 1. The first-order valence-electron chi connectivity index (χ1n) is 13.2. The van der Waals surface area contributed by atoms with Crippen LogP contribution in [0.5, 0.6) is 5.75 Å². The second-order valence-electron chi connectivity index (χ2n) is 9.28. The Labute approximate surface area is 241 Å². The van der Waals surface area contributed by atoms with Gasteiger partial charge in [-0.2, -0.15) is 0 Å². The zero-order chi connectivity index (χ0) is 29.1. The van der Waals surface area contributed by atoms with Crippen molar-refractivity contribution < 1.29 is 22.7 Å². The van der Waals surface area contributed by atoms with Crippen LogP contribution < -0.4 is 14.4 Å². The number of hydrogen-bond acceptors (Lipinski definition) is 5. The molecular formula is C30H36ClN3O5S. The maximum absolute atomic E-state index is 14.0. The van der Waals surface area contributed by atoms with E-state index in [0.29, 0.717) is 13.0 Å². The van der Waals surface area contributed by atoms with Crippen LogP contribution >= 0.6 is 11.6 Å². The molecule has 1 atom stereocenters. The van der Waals surface area contributed by atoms with E-state index in [9.17, 15) is 18.0 Å². The molecule has 0 aliphatic rings. The Kier molecular flexibility index (Phi) is 11.4. The highest BCUT2D eigenvalue weighted by atomic mass is 35.5. The van der Waals surface area contributed by atoms with Crippen LogP contribution in [0.2, 0.25) is 5.02 Å². The van der Waals surface area contributed by atoms with Crippen LogP contribution in [-0.2, 0) is 26.0 Å². The van der Waals surface area contributed by atoms with E-state index in [4.69, 9.17) is 16.3 Å². The molecule has 0 spiro atoms. The molecule has 0 fully saturated rings. The number of halogens is 1. The lowest BCUT2D eigenvalue weighted by Crippen LogP contribution is -2.52. The van der Waals surface area contributed by atoms with E-state index in [1.54, 1.807) is 37.3 Å². The van der Waals surface area contributed by atoms with Crippen molar-refractivity contribution in [3.05, 3.63) is 89.4 Å². The largest absolute Gasteiger partial charge is 0.495 e. The van der Waals surface area contributed by atoms with Crippen LogP contribution in [0.4, 0.5) is 5.69 Å². The normalized spacial score (nSPS) is 11.9. The maximum Gasteiger partial charge on any atom is 0.264 e. The predicted molar refractivity (Wildman–Crippen MR) is 158 cm³/mol. The lowest BCUT2D eigenvalue weighted by Gasteiger charge is -2.32. The van der Waals surface area contributed by atoms with Crippen molar-refractivity contribution in [1.29, 1.82) is 0 Å². The minimum atomic E-state index is -4.22. The lowest BCUT2D eigenvalue weighted by atomic mass is 10.1. The van der Waals surface area contributed by atoms with Crippen LogP contribution in [-0.4, -0.2) is 57.9 Å². The molecule has 3 rings (SSSR count). The third kappa shape index (κ3) is 7.99. The first kappa shape index (κ1) is 31.0. The predicted octanol–water partition coefficient (Wildman–Crippen LogP) is 4.92. The molecule has 0 aliphatic heterocycles. The van der Waals surface area contributed by atoms with Crippen molar-refractivity contribution in [3.63, 3.8) is 0 Å². The molecule has 0 bridgehead atoms. The summed E-state index contributed by atoms with van der Waals surface area (Å²) in [6.45, 7) is 3.83. The van der Waals surface area contributed by atoms with Crippen molar-refractivity contribution in [2.45, 2.75) is 44.0 Å². The number of benzene rings is 3. The fourth-order valence-corrected chi connectivity index (χ4v) is 5.80. The second kappa shape index (κ2) is 14.7. The summed E-state index contributed by atoms with van der Waals surface area (Å²) in [6, 6.07) is 21.2. The van der Waals surface area contributed by atoms with Crippen LogP contribution in [0.25, 0.3) is 0 Å². The van der Waals surface area contributed by atoms with Gasteiger partial charge in [-0.3, -0.25) is 13.9 Å². The van der Waals surface area contributed by atoms with Crippen molar-refractivity contribution in [3.8, 4) is 5.75 Å². The van der Waals surface area contributed by atoms with E-state index >= 15 is 0 Å². The van der Waals surface area contributed by atoms with Crippen LogP contribution in [0, 0.1) is 0 Å². The number of sulfonamides is 1. The summed E-state index contributed by atoms with van der Waals surface area (Å²) in [4.78, 5) is 28.4. The highest BCUT2D eigenvalue weighted by Crippen LogP contribution is 2.35. The minimum Gasteiger partial charge on any atom is -0.495 e. The fraction of sp³-hybridized carbons (Fsp3) is 0.333. The number of rotatable bonds is 14. The molecule has 2 amide bonds. The Bertz CT molecular complexity index is 1370. The van der Waals surface area contributed by atoms with E-state index in [1.165, 1.54) is 30.2 Å². The molecule has 0 saturated heterocycles. The number of methoxy groups -OCH3 is 1.